The summed E-state index contributed by atoms with van der Waals surface area (Å²) in [5.41, 5.74) is 0.565. The van der Waals surface area contributed by atoms with E-state index >= 15 is 0 Å². The third-order valence-electron chi connectivity index (χ3n) is 5.06. The van der Waals surface area contributed by atoms with E-state index < -0.39 is 0 Å². The van der Waals surface area contributed by atoms with Gasteiger partial charge in [-0.3, -0.25) is 0 Å². The lowest BCUT2D eigenvalue weighted by atomic mass is 9.77. The summed E-state index contributed by atoms with van der Waals surface area (Å²) in [5.74, 6) is 0. The Hall–Kier alpha value is -0.0800. The maximum atomic E-state index is 6.20. The van der Waals surface area contributed by atoms with Crippen LogP contribution in [-0.2, 0) is 4.74 Å². The second-order valence-corrected chi connectivity index (χ2v) is 7.10. The van der Waals surface area contributed by atoms with Gasteiger partial charge in [-0.05, 0) is 64.2 Å². The zero-order valence-corrected chi connectivity index (χ0v) is 12.7. The monoisotopic (exact) mass is 253 g/mol. The van der Waals surface area contributed by atoms with Crippen molar-refractivity contribution in [3.05, 3.63) is 0 Å². The van der Waals surface area contributed by atoms with Crippen LogP contribution >= 0.6 is 0 Å². The molecule has 0 spiro atoms. The molecule has 1 saturated heterocycles. The molecule has 0 amide bonds. The summed E-state index contributed by atoms with van der Waals surface area (Å²) in [5, 5.41) is 3.74. The average molecular weight is 253 g/mol. The summed E-state index contributed by atoms with van der Waals surface area (Å²) in [6.45, 7) is 10.3. The van der Waals surface area contributed by atoms with E-state index in [0.717, 1.165) is 6.04 Å². The van der Waals surface area contributed by atoms with Crippen molar-refractivity contribution in [2.45, 2.75) is 90.4 Å². The predicted molar refractivity (Wildman–Crippen MR) is 76.8 cm³/mol. The van der Waals surface area contributed by atoms with Crippen LogP contribution in [0.2, 0.25) is 0 Å². The van der Waals surface area contributed by atoms with Gasteiger partial charge in [0.15, 0.2) is 0 Å². The van der Waals surface area contributed by atoms with E-state index in [1.165, 1.54) is 51.5 Å². The third kappa shape index (κ3) is 3.71. The van der Waals surface area contributed by atoms with Crippen LogP contribution in [0.4, 0.5) is 0 Å². The lowest BCUT2D eigenvalue weighted by Gasteiger charge is -2.35. The Morgan fingerprint density at radius 2 is 1.83 bits per heavy atom. The molecule has 18 heavy (non-hydrogen) atoms. The molecule has 1 saturated carbocycles. The van der Waals surface area contributed by atoms with E-state index in [-0.39, 0.29) is 5.60 Å². The molecule has 1 N–H and O–H groups in total. The lowest BCUT2D eigenvalue weighted by molar-refractivity contribution is -0.0370. The second-order valence-electron chi connectivity index (χ2n) is 7.10. The van der Waals surface area contributed by atoms with Crippen LogP contribution in [0.1, 0.15) is 72.6 Å². The molecule has 0 bridgehead atoms. The van der Waals surface area contributed by atoms with Crippen molar-refractivity contribution in [1.29, 1.82) is 0 Å². The average Bonchev–Trinajstić information content (AvgIpc) is 3.10. The predicted octanol–water partition coefficient (Wildman–Crippen LogP) is 3.89. The molecule has 1 aliphatic heterocycles. The molecule has 2 aliphatic rings. The van der Waals surface area contributed by atoms with E-state index in [1.807, 2.05) is 0 Å². The van der Waals surface area contributed by atoms with Gasteiger partial charge in [-0.15, -0.1) is 0 Å². The first-order valence-electron chi connectivity index (χ1n) is 7.90. The van der Waals surface area contributed by atoms with Gasteiger partial charge in [0.1, 0.15) is 0 Å². The highest BCUT2D eigenvalue weighted by atomic mass is 16.5. The van der Waals surface area contributed by atoms with Crippen molar-refractivity contribution < 1.29 is 4.74 Å². The summed E-state index contributed by atoms with van der Waals surface area (Å²) >= 11 is 0. The van der Waals surface area contributed by atoms with Crippen molar-refractivity contribution in [3.8, 4) is 0 Å². The normalized spacial score (nSPS) is 27.7. The largest absolute Gasteiger partial charge is 0.372 e. The maximum absolute atomic E-state index is 6.20. The van der Waals surface area contributed by atoms with Gasteiger partial charge in [0.2, 0.25) is 0 Å². The maximum Gasteiger partial charge on any atom is 0.0631 e. The Labute approximate surface area is 113 Å². The summed E-state index contributed by atoms with van der Waals surface area (Å²) in [7, 11) is 0. The van der Waals surface area contributed by atoms with E-state index in [0.29, 0.717) is 11.5 Å². The van der Waals surface area contributed by atoms with Crippen LogP contribution in [0.5, 0.6) is 0 Å². The van der Waals surface area contributed by atoms with Crippen LogP contribution in [0, 0.1) is 5.41 Å². The lowest BCUT2D eigenvalue weighted by Crippen LogP contribution is -2.37. The topological polar surface area (TPSA) is 21.3 Å². The molecular weight excluding hydrogens is 222 g/mol. The first-order chi connectivity index (χ1) is 8.49. The van der Waals surface area contributed by atoms with Crippen molar-refractivity contribution >= 4 is 0 Å². The molecule has 2 rings (SSSR count). The van der Waals surface area contributed by atoms with Crippen molar-refractivity contribution in [2.75, 3.05) is 6.54 Å². The van der Waals surface area contributed by atoms with E-state index in [2.05, 4.69) is 33.0 Å². The Balaban J connectivity index is 1.87. The van der Waals surface area contributed by atoms with Crippen LogP contribution in [-0.4, -0.2) is 24.3 Å². The van der Waals surface area contributed by atoms with Crippen LogP contribution in [0.15, 0.2) is 0 Å². The SMILES string of the molecule is CCC(CC)(CNC1CC1)CC1CCC(C)(C)O1. The van der Waals surface area contributed by atoms with Crippen molar-refractivity contribution in [1.82, 2.24) is 5.32 Å². The van der Waals surface area contributed by atoms with Gasteiger partial charge in [0, 0.05) is 12.6 Å². The van der Waals surface area contributed by atoms with E-state index in [9.17, 15) is 0 Å². The minimum absolute atomic E-state index is 0.113. The number of hydrogen-bond acceptors (Lipinski definition) is 2. The van der Waals surface area contributed by atoms with E-state index in [1.54, 1.807) is 0 Å². The highest BCUT2D eigenvalue weighted by molar-refractivity contribution is 4.91. The fourth-order valence-electron chi connectivity index (χ4n) is 3.21. The minimum Gasteiger partial charge on any atom is -0.372 e. The zero-order valence-electron chi connectivity index (χ0n) is 12.7. The molecule has 0 aromatic rings. The second kappa shape index (κ2) is 5.50. The summed E-state index contributed by atoms with van der Waals surface area (Å²) < 4.78 is 6.20. The number of ether oxygens (including phenoxy) is 1. The van der Waals surface area contributed by atoms with Crippen LogP contribution < -0.4 is 5.32 Å². The molecule has 2 fully saturated rings. The fraction of sp³-hybridized carbons (Fsp3) is 1.00. The molecule has 1 aliphatic carbocycles. The van der Waals surface area contributed by atoms with Crippen LogP contribution in [0.25, 0.3) is 0 Å². The smallest absolute Gasteiger partial charge is 0.0631 e. The molecule has 2 heteroatoms. The van der Waals surface area contributed by atoms with Gasteiger partial charge in [-0.25, -0.2) is 0 Å². The molecule has 1 atom stereocenters. The number of rotatable bonds is 7. The summed E-state index contributed by atoms with van der Waals surface area (Å²) in [6.07, 6.45) is 9.50. The minimum atomic E-state index is 0.113. The Kier molecular flexibility index (Phi) is 4.38. The van der Waals surface area contributed by atoms with Gasteiger partial charge in [0.05, 0.1) is 11.7 Å². The molecular formula is C16H31NO. The molecule has 1 unspecified atom stereocenters. The highest BCUT2D eigenvalue weighted by Gasteiger charge is 2.38. The van der Waals surface area contributed by atoms with Crippen LogP contribution in [0.3, 0.4) is 0 Å². The first-order valence-corrected chi connectivity index (χ1v) is 7.90. The molecule has 0 radical (unpaired) electrons. The number of nitrogens with one attached hydrogen (secondary N) is 1. The van der Waals surface area contributed by atoms with Crippen molar-refractivity contribution in [3.63, 3.8) is 0 Å². The van der Waals surface area contributed by atoms with Gasteiger partial charge in [0.25, 0.3) is 0 Å². The van der Waals surface area contributed by atoms with Gasteiger partial charge in [-0.2, -0.15) is 0 Å². The summed E-state index contributed by atoms with van der Waals surface area (Å²) in [4.78, 5) is 0. The van der Waals surface area contributed by atoms with Gasteiger partial charge < -0.3 is 10.1 Å². The van der Waals surface area contributed by atoms with Crippen molar-refractivity contribution in [2.24, 2.45) is 5.41 Å². The standard InChI is InChI=1S/C16H31NO/c1-5-16(6-2,12-17-13-7-8-13)11-14-9-10-15(3,4)18-14/h13-14,17H,5-12H2,1-4H3. The molecule has 0 aromatic heterocycles. The number of hydrogen-bond donors (Lipinski definition) is 1. The van der Waals surface area contributed by atoms with Gasteiger partial charge in [-0.1, -0.05) is 13.8 Å². The Morgan fingerprint density at radius 3 is 2.28 bits per heavy atom. The molecule has 1 heterocycles. The fourth-order valence-corrected chi connectivity index (χ4v) is 3.21. The summed E-state index contributed by atoms with van der Waals surface area (Å²) in [6, 6.07) is 0.823. The first kappa shape index (κ1) is 14.3. The highest BCUT2D eigenvalue weighted by Crippen LogP contribution is 2.39. The molecule has 0 aromatic carbocycles. The van der Waals surface area contributed by atoms with E-state index in [4.69, 9.17) is 4.74 Å². The quantitative estimate of drug-likeness (QED) is 0.743. The zero-order chi connectivity index (χ0) is 13.2. The Bertz CT molecular complexity index is 266. The Morgan fingerprint density at radius 1 is 1.17 bits per heavy atom. The van der Waals surface area contributed by atoms with Gasteiger partial charge >= 0.3 is 0 Å². The molecule has 2 nitrogen and oxygen atoms in total. The third-order valence-corrected chi connectivity index (χ3v) is 5.06. The molecule has 106 valence electrons.